The summed E-state index contributed by atoms with van der Waals surface area (Å²) in [6.45, 7) is 1.92. The number of aryl methyl sites for hydroxylation is 2. The highest BCUT2D eigenvalue weighted by atomic mass is 35.5. The maximum absolute atomic E-state index is 3.93. The van der Waals surface area contributed by atoms with Crippen molar-refractivity contribution in [3.63, 3.8) is 0 Å². The summed E-state index contributed by atoms with van der Waals surface area (Å²) in [5.41, 5.74) is 1.31. The zero-order valence-corrected chi connectivity index (χ0v) is 12.7. The largest absolute Gasteiger partial charge is 1.00 e. The highest BCUT2D eigenvalue weighted by molar-refractivity contribution is 7.99. The van der Waals surface area contributed by atoms with Crippen LogP contribution in [0, 0.1) is 0 Å². The molecule has 0 aromatic carbocycles. The van der Waals surface area contributed by atoms with Gasteiger partial charge >= 0.3 is 0 Å². The first-order chi connectivity index (χ1) is 8.77. The number of hydrogen-bond donors (Lipinski definition) is 1. The number of rotatable bonds is 7. The van der Waals surface area contributed by atoms with Gasteiger partial charge in [-0.3, -0.25) is 0 Å². The average molecular weight is 302 g/mol. The molecule has 0 atom stereocenters. The van der Waals surface area contributed by atoms with Gasteiger partial charge in [-0.25, -0.2) is 4.68 Å². The van der Waals surface area contributed by atoms with Crippen molar-refractivity contribution in [2.75, 3.05) is 12.3 Å². The van der Waals surface area contributed by atoms with Gasteiger partial charge in [0.15, 0.2) is 0 Å². The smallest absolute Gasteiger partial charge is 0.209 e. The summed E-state index contributed by atoms with van der Waals surface area (Å²) < 4.78 is 3.83. The third-order valence-corrected chi connectivity index (χ3v) is 3.76. The van der Waals surface area contributed by atoms with Crippen LogP contribution < -0.4 is 17.7 Å². The van der Waals surface area contributed by atoms with E-state index in [0.717, 1.165) is 30.4 Å². The minimum Gasteiger partial charge on any atom is -1.00 e. The predicted octanol–water partition coefficient (Wildman–Crippen LogP) is -2.18. The van der Waals surface area contributed by atoms with Crippen molar-refractivity contribution in [1.29, 1.82) is 0 Å². The molecular formula is C11H18ClN6S-. The number of thioether (sulfide) groups is 1. The molecule has 0 amide bonds. The number of tetrazole rings is 1. The molecular weight excluding hydrogens is 284 g/mol. The molecule has 0 bridgehead atoms. The molecule has 1 N–H and O–H groups in total. The third-order valence-electron chi connectivity index (χ3n) is 2.67. The average Bonchev–Trinajstić information content (AvgIpc) is 2.94. The van der Waals surface area contributed by atoms with E-state index in [1.54, 1.807) is 16.4 Å². The fourth-order valence-electron chi connectivity index (χ4n) is 1.60. The van der Waals surface area contributed by atoms with Crippen molar-refractivity contribution in [2.45, 2.75) is 18.1 Å². The van der Waals surface area contributed by atoms with Gasteiger partial charge in [-0.1, -0.05) is 11.8 Å². The quantitative estimate of drug-likeness (QED) is 0.466. The zero-order chi connectivity index (χ0) is 12.8. The fraction of sp³-hybridized carbons (Fsp3) is 0.545. The third kappa shape index (κ3) is 4.85. The van der Waals surface area contributed by atoms with Crippen LogP contribution in [-0.4, -0.2) is 37.1 Å². The topological polar surface area (TPSA) is 60.6 Å². The molecule has 0 aliphatic rings. The molecule has 2 aromatic rings. The summed E-state index contributed by atoms with van der Waals surface area (Å²) >= 11 is 1.69. The highest BCUT2D eigenvalue weighted by Crippen LogP contribution is 2.12. The normalized spacial score (nSPS) is 10.4. The van der Waals surface area contributed by atoms with Gasteiger partial charge in [-0.2, -0.15) is 0 Å². The second kappa shape index (κ2) is 8.19. The molecule has 0 spiro atoms. The van der Waals surface area contributed by atoms with E-state index in [9.17, 15) is 0 Å². The van der Waals surface area contributed by atoms with E-state index < -0.39 is 0 Å². The Balaban J connectivity index is 0.00000180. The SMILES string of the molecule is Cn1cccc1CNCCCSc1nnnn1C.[Cl-]. The van der Waals surface area contributed by atoms with Crippen molar-refractivity contribution < 1.29 is 12.4 Å². The summed E-state index contributed by atoms with van der Waals surface area (Å²) in [6, 6.07) is 4.20. The van der Waals surface area contributed by atoms with Crippen molar-refractivity contribution >= 4 is 11.8 Å². The molecule has 19 heavy (non-hydrogen) atoms. The maximum atomic E-state index is 3.93. The van der Waals surface area contributed by atoms with Crippen molar-refractivity contribution in [2.24, 2.45) is 14.1 Å². The van der Waals surface area contributed by atoms with Gasteiger partial charge in [0, 0.05) is 38.3 Å². The molecule has 0 aliphatic carbocycles. The Morgan fingerprint density at radius 3 is 2.84 bits per heavy atom. The molecule has 2 heterocycles. The summed E-state index contributed by atoms with van der Waals surface area (Å²) in [4.78, 5) is 0. The number of aromatic nitrogens is 5. The van der Waals surface area contributed by atoms with Crippen molar-refractivity contribution in [3.05, 3.63) is 24.0 Å². The van der Waals surface area contributed by atoms with Crippen molar-refractivity contribution in [1.82, 2.24) is 30.1 Å². The molecule has 106 valence electrons. The monoisotopic (exact) mass is 301 g/mol. The zero-order valence-electron chi connectivity index (χ0n) is 11.1. The van der Waals surface area contributed by atoms with Crippen LogP contribution in [0.25, 0.3) is 0 Å². The molecule has 0 saturated heterocycles. The minimum atomic E-state index is 0. The van der Waals surface area contributed by atoms with Crippen molar-refractivity contribution in [3.8, 4) is 0 Å². The van der Waals surface area contributed by atoms with E-state index in [-0.39, 0.29) is 12.4 Å². The second-order valence-electron chi connectivity index (χ2n) is 4.07. The lowest BCUT2D eigenvalue weighted by Gasteiger charge is -2.05. The Kier molecular flexibility index (Phi) is 6.90. The van der Waals surface area contributed by atoms with Gasteiger partial charge in [-0.05, 0) is 35.5 Å². The van der Waals surface area contributed by atoms with E-state index in [2.05, 4.69) is 50.8 Å². The summed E-state index contributed by atoms with van der Waals surface area (Å²) in [6.07, 6.45) is 3.16. The van der Waals surface area contributed by atoms with Crippen LogP contribution in [-0.2, 0) is 20.6 Å². The Bertz CT molecular complexity index is 439. The Morgan fingerprint density at radius 2 is 2.21 bits per heavy atom. The molecule has 0 saturated carbocycles. The molecule has 2 aromatic heterocycles. The first-order valence-corrected chi connectivity index (χ1v) is 6.92. The number of nitrogens with zero attached hydrogens (tertiary/aromatic N) is 5. The lowest BCUT2D eigenvalue weighted by Crippen LogP contribution is -3.00. The first-order valence-electron chi connectivity index (χ1n) is 5.93. The van der Waals surface area contributed by atoms with Crippen LogP contribution >= 0.6 is 11.8 Å². The maximum Gasteiger partial charge on any atom is 0.209 e. The Labute approximate surface area is 123 Å². The molecule has 2 rings (SSSR count). The molecule has 6 nitrogen and oxygen atoms in total. The number of nitrogens with one attached hydrogen (secondary N) is 1. The highest BCUT2D eigenvalue weighted by Gasteiger charge is 2.01. The van der Waals surface area contributed by atoms with Gasteiger partial charge < -0.3 is 22.3 Å². The van der Waals surface area contributed by atoms with Crippen LogP contribution in [0.2, 0.25) is 0 Å². The van der Waals surface area contributed by atoms with E-state index in [1.165, 1.54) is 5.69 Å². The molecule has 8 heteroatoms. The first kappa shape index (κ1) is 16.0. The van der Waals surface area contributed by atoms with Gasteiger partial charge in [0.05, 0.1) is 0 Å². The van der Waals surface area contributed by atoms with Crippen LogP contribution in [0.15, 0.2) is 23.5 Å². The summed E-state index contributed by atoms with van der Waals surface area (Å²) in [5, 5.41) is 15.6. The summed E-state index contributed by atoms with van der Waals surface area (Å²) in [7, 11) is 3.92. The van der Waals surface area contributed by atoms with Crippen LogP contribution in [0.4, 0.5) is 0 Å². The Morgan fingerprint density at radius 1 is 1.37 bits per heavy atom. The van der Waals surface area contributed by atoms with Gasteiger partial charge in [0.25, 0.3) is 0 Å². The van der Waals surface area contributed by atoms with Gasteiger partial charge in [-0.15, -0.1) is 5.10 Å². The molecule has 0 unspecified atom stereocenters. The van der Waals surface area contributed by atoms with E-state index in [1.807, 2.05) is 7.05 Å². The number of hydrogen-bond acceptors (Lipinski definition) is 5. The molecule has 0 aliphatic heterocycles. The number of halogens is 1. The lowest BCUT2D eigenvalue weighted by molar-refractivity contribution is -0.00000404. The molecule has 0 radical (unpaired) electrons. The fourth-order valence-corrected chi connectivity index (χ4v) is 2.39. The minimum absolute atomic E-state index is 0. The lowest BCUT2D eigenvalue weighted by atomic mass is 10.4. The van der Waals surface area contributed by atoms with Gasteiger partial charge in [0.1, 0.15) is 0 Å². The van der Waals surface area contributed by atoms with Crippen LogP contribution in [0.1, 0.15) is 12.1 Å². The standard InChI is InChI=1S/C11H18N6S.ClH/c1-16-7-3-5-10(16)9-12-6-4-8-18-11-13-14-15-17(11)2;/h3,5,7,12H,4,6,8-9H2,1-2H3;1H/p-1. The van der Waals surface area contributed by atoms with Crippen LogP contribution in [0.5, 0.6) is 0 Å². The van der Waals surface area contributed by atoms with Gasteiger partial charge in [0.2, 0.25) is 5.16 Å². The van der Waals surface area contributed by atoms with E-state index in [0.29, 0.717) is 0 Å². The molecule has 0 fully saturated rings. The summed E-state index contributed by atoms with van der Waals surface area (Å²) in [5.74, 6) is 1.02. The van der Waals surface area contributed by atoms with E-state index >= 15 is 0 Å². The van der Waals surface area contributed by atoms with E-state index in [4.69, 9.17) is 0 Å². The predicted molar refractivity (Wildman–Crippen MR) is 71.3 cm³/mol. The second-order valence-corrected chi connectivity index (χ2v) is 5.14. The van der Waals surface area contributed by atoms with Crippen LogP contribution in [0.3, 0.4) is 0 Å². The Hall–Kier alpha value is -1.05.